The van der Waals surface area contributed by atoms with E-state index in [9.17, 15) is 9.59 Å². The van der Waals surface area contributed by atoms with E-state index in [1.165, 1.54) is 11.8 Å². The number of thioether (sulfide) groups is 1. The number of hydrogen-bond donors (Lipinski definition) is 2. The molecule has 4 rings (SSSR count). The van der Waals surface area contributed by atoms with Crippen LogP contribution in [-0.2, 0) is 27.3 Å². The molecular formula is C25H29N5O4S. The number of nitrogens with two attached hydrogens (primary N) is 1. The van der Waals surface area contributed by atoms with Crippen molar-refractivity contribution in [3.05, 3.63) is 60.4 Å². The summed E-state index contributed by atoms with van der Waals surface area (Å²) in [5.74, 6) is 1.55. The Hall–Kier alpha value is -3.37. The van der Waals surface area contributed by atoms with Crippen molar-refractivity contribution in [1.82, 2.24) is 14.8 Å². The Morgan fingerprint density at radius 3 is 2.60 bits per heavy atom. The van der Waals surface area contributed by atoms with Gasteiger partial charge in [-0.25, -0.2) is 0 Å². The number of ether oxygens (including phenoxy) is 2. The summed E-state index contributed by atoms with van der Waals surface area (Å²) in [7, 11) is 0. The van der Waals surface area contributed by atoms with Gasteiger partial charge in [0.25, 0.3) is 0 Å². The molecule has 2 atom stereocenters. The highest BCUT2D eigenvalue weighted by molar-refractivity contribution is 8.00. The lowest BCUT2D eigenvalue weighted by Crippen LogP contribution is -2.24. The molecule has 1 aliphatic heterocycles. The first kappa shape index (κ1) is 24.7. The van der Waals surface area contributed by atoms with E-state index in [1.54, 1.807) is 12.1 Å². The average Bonchev–Trinajstić information content (AvgIpc) is 3.50. The third kappa shape index (κ3) is 7.06. The molecule has 3 aromatic rings. The van der Waals surface area contributed by atoms with Gasteiger partial charge in [0.05, 0.1) is 17.9 Å². The zero-order valence-electron chi connectivity index (χ0n) is 19.6. The lowest BCUT2D eigenvalue weighted by molar-refractivity contribution is -0.118. The number of anilines is 1. The predicted octanol–water partition coefficient (Wildman–Crippen LogP) is 3.79. The van der Waals surface area contributed by atoms with Gasteiger partial charge in [-0.15, -0.1) is 10.2 Å². The van der Waals surface area contributed by atoms with Crippen molar-refractivity contribution in [2.24, 2.45) is 5.73 Å². The Labute approximate surface area is 208 Å². The molecule has 9 nitrogen and oxygen atoms in total. The molecule has 1 aliphatic rings. The third-order valence-electron chi connectivity index (χ3n) is 5.55. The molecule has 0 bridgehead atoms. The van der Waals surface area contributed by atoms with Crippen LogP contribution in [0.4, 0.5) is 5.69 Å². The van der Waals surface area contributed by atoms with E-state index in [0.717, 1.165) is 25.2 Å². The molecule has 1 fully saturated rings. The van der Waals surface area contributed by atoms with Crippen LogP contribution < -0.4 is 15.8 Å². The largest absolute Gasteiger partial charge is 0.457 e. The number of benzene rings is 2. The number of nitrogens with zero attached hydrogens (tertiary/aromatic N) is 3. The molecule has 10 heteroatoms. The van der Waals surface area contributed by atoms with Gasteiger partial charge in [0.1, 0.15) is 17.3 Å². The smallest absolute Gasteiger partial charge is 0.237 e. The van der Waals surface area contributed by atoms with Gasteiger partial charge in [-0.3, -0.25) is 9.59 Å². The van der Waals surface area contributed by atoms with Gasteiger partial charge in [0.2, 0.25) is 11.8 Å². The summed E-state index contributed by atoms with van der Waals surface area (Å²) in [5, 5.41) is 11.7. The summed E-state index contributed by atoms with van der Waals surface area (Å²) in [6.45, 7) is 3.14. The maximum Gasteiger partial charge on any atom is 0.237 e. The van der Waals surface area contributed by atoms with Crippen LogP contribution in [0.2, 0.25) is 0 Å². The summed E-state index contributed by atoms with van der Waals surface area (Å²) in [6, 6.07) is 16.7. The van der Waals surface area contributed by atoms with E-state index in [2.05, 4.69) is 15.5 Å². The summed E-state index contributed by atoms with van der Waals surface area (Å²) in [6.07, 6.45) is 2.62. The fourth-order valence-corrected chi connectivity index (χ4v) is 4.57. The molecule has 1 aromatic heterocycles. The number of hydrogen-bond acceptors (Lipinski definition) is 7. The summed E-state index contributed by atoms with van der Waals surface area (Å²) in [4.78, 5) is 24.1. The Bertz CT molecular complexity index is 1130. The van der Waals surface area contributed by atoms with Crippen molar-refractivity contribution in [3.63, 3.8) is 0 Å². The second kappa shape index (κ2) is 11.9. The van der Waals surface area contributed by atoms with Crippen molar-refractivity contribution in [3.8, 4) is 11.5 Å². The molecule has 0 radical (unpaired) electrons. The zero-order valence-corrected chi connectivity index (χ0v) is 20.4. The van der Waals surface area contributed by atoms with Gasteiger partial charge >= 0.3 is 0 Å². The average molecular weight is 496 g/mol. The van der Waals surface area contributed by atoms with Gasteiger partial charge < -0.3 is 25.1 Å². The maximum absolute atomic E-state index is 12.9. The second-order valence-electron chi connectivity index (χ2n) is 8.30. The van der Waals surface area contributed by atoms with Crippen molar-refractivity contribution in [2.45, 2.75) is 55.7 Å². The van der Waals surface area contributed by atoms with Crippen LogP contribution in [0.15, 0.2) is 59.8 Å². The fourth-order valence-electron chi connectivity index (χ4n) is 3.69. The first-order valence-electron chi connectivity index (χ1n) is 11.6. The van der Waals surface area contributed by atoms with Gasteiger partial charge in [0, 0.05) is 25.1 Å². The van der Waals surface area contributed by atoms with Gasteiger partial charge in [-0.1, -0.05) is 30.0 Å². The first-order valence-corrected chi connectivity index (χ1v) is 12.5. The van der Waals surface area contributed by atoms with Crippen molar-refractivity contribution < 1.29 is 19.1 Å². The highest BCUT2D eigenvalue weighted by atomic mass is 32.2. The Balaban J connectivity index is 1.37. The number of para-hydroxylation sites is 1. The highest BCUT2D eigenvalue weighted by Crippen LogP contribution is 2.27. The van der Waals surface area contributed by atoms with Crippen LogP contribution >= 0.6 is 11.8 Å². The summed E-state index contributed by atoms with van der Waals surface area (Å²) in [5.41, 5.74) is 5.99. The topological polar surface area (TPSA) is 121 Å². The van der Waals surface area contributed by atoms with E-state index < -0.39 is 5.25 Å². The van der Waals surface area contributed by atoms with Gasteiger partial charge in [-0.2, -0.15) is 0 Å². The molecule has 2 aromatic carbocycles. The quantitative estimate of drug-likeness (QED) is 0.388. The van der Waals surface area contributed by atoms with Crippen molar-refractivity contribution in [1.29, 1.82) is 0 Å². The summed E-state index contributed by atoms with van der Waals surface area (Å²) >= 11 is 1.32. The molecule has 0 aliphatic carbocycles. The van der Waals surface area contributed by atoms with E-state index in [-0.39, 0.29) is 24.3 Å². The Kier molecular flexibility index (Phi) is 8.38. The van der Waals surface area contributed by atoms with Crippen molar-refractivity contribution >= 4 is 29.3 Å². The standard InChI is InChI=1S/C25H29N5O4S/c1-17(24(32)27-18-9-11-20(12-10-18)34-19-6-3-2-4-7-19)35-25-29-28-23(14-13-22(26)31)30(25)16-21-8-5-15-33-21/h2-4,6-7,9-12,17,21H,5,8,13-16H2,1H3,(H2,26,31)(H,27,32)/t17-,21-/m1/s1. The first-order chi connectivity index (χ1) is 17.0. The number of rotatable bonds is 11. The number of aryl methyl sites for hydroxylation is 1. The lowest BCUT2D eigenvalue weighted by Gasteiger charge is -2.16. The Morgan fingerprint density at radius 1 is 1.17 bits per heavy atom. The minimum absolute atomic E-state index is 0.0680. The van der Waals surface area contributed by atoms with Crippen LogP contribution in [0, 0.1) is 0 Å². The second-order valence-corrected chi connectivity index (χ2v) is 9.61. The monoisotopic (exact) mass is 495 g/mol. The number of carbonyl (C=O) groups is 2. The fraction of sp³-hybridized carbons (Fsp3) is 0.360. The number of aromatic nitrogens is 3. The van der Waals surface area contributed by atoms with Crippen LogP contribution in [0.3, 0.4) is 0 Å². The zero-order chi connectivity index (χ0) is 24.6. The minimum atomic E-state index is -0.424. The Morgan fingerprint density at radius 2 is 1.91 bits per heavy atom. The SMILES string of the molecule is C[C@@H](Sc1nnc(CCC(N)=O)n1C[C@H]1CCCO1)C(=O)Nc1ccc(Oc2ccccc2)cc1. The molecule has 2 heterocycles. The normalized spacial score (nSPS) is 16.1. The molecule has 0 saturated carbocycles. The number of carbonyl (C=O) groups excluding carboxylic acids is 2. The van der Waals surface area contributed by atoms with E-state index in [1.807, 2.05) is 54.0 Å². The maximum atomic E-state index is 12.9. The number of nitrogens with one attached hydrogen (secondary N) is 1. The van der Waals surface area contributed by atoms with Crippen LogP contribution in [0.5, 0.6) is 11.5 Å². The van der Waals surface area contributed by atoms with Crippen molar-refractivity contribution in [2.75, 3.05) is 11.9 Å². The third-order valence-corrected chi connectivity index (χ3v) is 6.63. The molecule has 1 saturated heterocycles. The van der Waals surface area contributed by atoms with E-state index in [4.69, 9.17) is 15.2 Å². The van der Waals surface area contributed by atoms with Gasteiger partial charge in [0.15, 0.2) is 5.16 Å². The molecule has 2 amide bonds. The number of amides is 2. The lowest BCUT2D eigenvalue weighted by atomic mass is 10.2. The van der Waals surface area contributed by atoms with Gasteiger partial charge in [-0.05, 0) is 56.2 Å². The molecule has 0 unspecified atom stereocenters. The van der Waals surface area contributed by atoms with Crippen LogP contribution in [-0.4, -0.2) is 44.5 Å². The van der Waals surface area contributed by atoms with Crippen LogP contribution in [0.1, 0.15) is 32.0 Å². The highest BCUT2D eigenvalue weighted by Gasteiger charge is 2.24. The summed E-state index contributed by atoms with van der Waals surface area (Å²) < 4.78 is 13.5. The number of primary amides is 1. The molecule has 0 spiro atoms. The van der Waals surface area contributed by atoms with Crippen LogP contribution in [0.25, 0.3) is 0 Å². The van der Waals surface area contributed by atoms with E-state index >= 15 is 0 Å². The molecule has 35 heavy (non-hydrogen) atoms. The van der Waals surface area contributed by atoms with E-state index in [0.29, 0.717) is 35.4 Å². The molecule has 3 N–H and O–H groups in total. The molecular weight excluding hydrogens is 466 g/mol. The molecule has 184 valence electrons. The minimum Gasteiger partial charge on any atom is -0.457 e. The predicted molar refractivity (Wildman–Crippen MR) is 133 cm³/mol.